The molecule has 1 heterocycles. The van der Waals surface area contributed by atoms with Gasteiger partial charge in [0.2, 0.25) is 11.1 Å². The number of amides is 1. The third-order valence-electron chi connectivity index (χ3n) is 6.22. The Kier molecular flexibility index (Phi) is 6.82. The minimum absolute atomic E-state index is 0.0383. The van der Waals surface area contributed by atoms with Crippen LogP contribution in [0.1, 0.15) is 52.9 Å². The molecule has 0 spiro atoms. The summed E-state index contributed by atoms with van der Waals surface area (Å²) in [7, 11) is 0. The summed E-state index contributed by atoms with van der Waals surface area (Å²) < 4.78 is 15.2. The fourth-order valence-corrected chi connectivity index (χ4v) is 4.58. The lowest BCUT2D eigenvalue weighted by atomic mass is 9.69. The summed E-state index contributed by atoms with van der Waals surface area (Å²) in [5.74, 6) is 6.73. The van der Waals surface area contributed by atoms with Gasteiger partial charge in [-0.25, -0.2) is 9.07 Å². The number of nitrogen functional groups attached to an aromatic ring is 1. The van der Waals surface area contributed by atoms with Gasteiger partial charge in [-0.1, -0.05) is 51.1 Å². The van der Waals surface area contributed by atoms with Crippen LogP contribution < -0.4 is 11.2 Å². The van der Waals surface area contributed by atoms with E-state index in [9.17, 15) is 9.18 Å². The number of aromatic nitrogens is 3. The van der Waals surface area contributed by atoms with Gasteiger partial charge >= 0.3 is 0 Å². The Labute approximate surface area is 175 Å². The van der Waals surface area contributed by atoms with Crippen LogP contribution in [0.5, 0.6) is 0 Å². The minimum Gasteiger partial charge on any atom is -0.353 e. The first-order chi connectivity index (χ1) is 13.8. The van der Waals surface area contributed by atoms with E-state index in [-0.39, 0.29) is 29.1 Å². The zero-order valence-electron chi connectivity index (χ0n) is 17.3. The third-order valence-corrected chi connectivity index (χ3v) is 7.16. The maximum atomic E-state index is 14.0. The molecular weight excluding hydrogens is 389 g/mol. The van der Waals surface area contributed by atoms with Gasteiger partial charge < -0.3 is 11.2 Å². The first-order valence-corrected chi connectivity index (χ1v) is 11.2. The summed E-state index contributed by atoms with van der Waals surface area (Å²) in [6.45, 7) is 6.93. The van der Waals surface area contributed by atoms with Crippen LogP contribution in [0.4, 0.5) is 4.39 Å². The number of nitrogens with one attached hydrogen (secondary N) is 1. The monoisotopic (exact) mass is 419 g/mol. The Morgan fingerprint density at radius 1 is 1.28 bits per heavy atom. The van der Waals surface area contributed by atoms with Crippen molar-refractivity contribution in [3.8, 4) is 11.4 Å². The molecule has 1 aliphatic rings. The minimum atomic E-state index is -0.414. The van der Waals surface area contributed by atoms with E-state index in [0.717, 1.165) is 31.6 Å². The van der Waals surface area contributed by atoms with Gasteiger partial charge in [0.25, 0.3) is 0 Å². The average molecular weight is 420 g/mol. The normalized spacial score (nSPS) is 19.9. The van der Waals surface area contributed by atoms with Gasteiger partial charge in [0.1, 0.15) is 5.82 Å². The predicted molar refractivity (Wildman–Crippen MR) is 114 cm³/mol. The van der Waals surface area contributed by atoms with Crippen molar-refractivity contribution in [3.05, 3.63) is 30.1 Å². The van der Waals surface area contributed by atoms with Crippen molar-refractivity contribution in [3.63, 3.8) is 0 Å². The van der Waals surface area contributed by atoms with E-state index < -0.39 is 5.82 Å². The molecule has 1 saturated carbocycles. The van der Waals surface area contributed by atoms with E-state index in [0.29, 0.717) is 10.6 Å². The van der Waals surface area contributed by atoms with Crippen molar-refractivity contribution in [1.82, 2.24) is 20.2 Å². The van der Waals surface area contributed by atoms with Crippen LogP contribution in [0.25, 0.3) is 11.4 Å². The van der Waals surface area contributed by atoms with Crippen LogP contribution in [0.3, 0.4) is 0 Å². The molecule has 1 amide bonds. The molecule has 0 atom stereocenters. The average Bonchev–Trinajstić information content (AvgIpc) is 3.07. The van der Waals surface area contributed by atoms with Crippen LogP contribution in [-0.4, -0.2) is 32.6 Å². The Bertz CT molecular complexity index is 845. The summed E-state index contributed by atoms with van der Waals surface area (Å²) in [5, 5.41) is 11.5. The Balaban J connectivity index is 1.50. The van der Waals surface area contributed by atoms with Crippen molar-refractivity contribution in [2.75, 3.05) is 11.6 Å². The highest BCUT2D eigenvalue weighted by Crippen LogP contribution is 2.40. The predicted octanol–water partition coefficient (Wildman–Crippen LogP) is 4.00. The topological polar surface area (TPSA) is 85.8 Å². The van der Waals surface area contributed by atoms with Gasteiger partial charge in [0.05, 0.1) is 11.3 Å². The molecular formula is C21H30FN5OS. The fourth-order valence-electron chi connectivity index (χ4n) is 3.91. The summed E-state index contributed by atoms with van der Waals surface area (Å²) in [4.78, 5) is 12.4. The van der Waals surface area contributed by atoms with Crippen LogP contribution in [0, 0.1) is 17.2 Å². The number of rotatable bonds is 7. The highest BCUT2D eigenvalue weighted by atomic mass is 32.2. The van der Waals surface area contributed by atoms with Crippen molar-refractivity contribution in [2.24, 2.45) is 11.3 Å². The number of hydrogen-bond donors (Lipinski definition) is 2. The zero-order chi connectivity index (χ0) is 21.0. The molecule has 1 aromatic heterocycles. The number of benzene rings is 1. The van der Waals surface area contributed by atoms with Crippen LogP contribution in [0.2, 0.25) is 0 Å². The second-order valence-electron chi connectivity index (χ2n) is 8.40. The molecule has 29 heavy (non-hydrogen) atoms. The van der Waals surface area contributed by atoms with Crippen molar-refractivity contribution in [1.29, 1.82) is 0 Å². The van der Waals surface area contributed by atoms with E-state index in [1.165, 1.54) is 28.9 Å². The molecule has 3 N–H and O–H groups in total. The maximum absolute atomic E-state index is 14.0. The Hall–Kier alpha value is -2.09. The smallest absolute Gasteiger partial charge is 0.230 e. The third kappa shape index (κ3) is 5.10. The molecule has 1 fully saturated rings. The van der Waals surface area contributed by atoms with Gasteiger partial charge in [0, 0.05) is 6.04 Å². The first kappa shape index (κ1) is 21.6. The van der Waals surface area contributed by atoms with Crippen LogP contribution >= 0.6 is 11.8 Å². The number of carbonyl (C=O) groups is 1. The molecule has 0 unspecified atom stereocenters. The summed E-state index contributed by atoms with van der Waals surface area (Å²) in [6, 6.07) is 6.49. The number of hydrogen-bond acceptors (Lipinski definition) is 5. The number of nitrogens with two attached hydrogens (primary N) is 1. The highest BCUT2D eigenvalue weighted by molar-refractivity contribution is 7.99. The summed E-state index contributed by atoms with van der Waals surface area (Å²) >= 11 is 1.20. The maximum Gasteiger partial charge on any atom is 0.230 e. The van der Waals surface area contributed by atoms with E-state index in [1.54, 1.807) is 18.2 Å². The molecule has 1 aromatic carbocycles. The number of carbonyl (C=O) groups excluding carboxylic acids is 1. The Morgan fingerprint density at radius 2 is 1.97 bits per heavy atom. The summed E-state index contributed by atoms with van der Waals surface area (Å²) in [5.41, 5.74) is 0.650. The number of nitrogens with zero attached hydrogens (tertiary/aromatic N) is 3. The van der Waals surface area contributed by atoms with Gasteiger partial charge in [-0.15, -0.1) is 10.2 Å². The van der Waals surface area contributed by atoms with E-state index in [2.05, 4.69) is 36.3 Å². The number of thioether (sulfide) groups is 1. The van der Waals surface area contributed by atoms with Gasteiger partial charge in [0.15, 0.2) is 5.82 Å². The second kappa shape index (κ2) is 9.15. The van der Waals surface area contributed by atoms with E-state index >= 15 is 0 Å². The molecule has 0 aliphatic heterocycles. The second-order valence-corrected chi connectivity index (χ2v) is 9.35. The molecule has 0 radical (unpaired) electrons. The molecule has 158 valence electrons. The van der Waals surface area contributed by atoms with Gasteiger partial charge in [-0.05, 0) is 49.1 Å². The lowest BCUT2D eigenvalue weighted by Gasteiger charge is -2.39. The molecule has 0 saturated heterocycles. The summed E-state index contributed by atoms with van der Waals surface area (Å²) in [6.07, 6.45) is 5.54. The van der Waals surface area contributed by atoms with Crippen molar-refractivity contribution < 1.29 is 9.18 Å². The van der Waals surface area contributed by atoms with Gasteiger partial charge in [-0.2, -0.15) is 0 Å². The SMILES string of the molecule is CCC(C)(C)C1CCC(NC(=O)CSc2nnc(-c3ccccc3F)n2N)CC1. The van der Waals surface area contributed by atoms with Crippen LogP contribution in [-0.2, 0) is 4.79 Å². The molecule has 3 rings (SSSR count). The lowest BCUT2D eigenvalue weighted by molar-refractivity contribution is -0.119. The fraction of sp³-hybridized carbons (Fsp3) is 0.571. The lowest BCUT2D eigenvalue weighted by Crippen LogP contribution is -2.40. The number of halogens is 1. The highest BCUT2D eigenvalue weighted by Gasteiger charge is 2.32. The largest absolute Gasteiger partial charge is 0.353 e. The molecule has 0 bridgehead atoms. The molecule has 8 heteroatoms. The van der Waals surface area contributed by atoms with Crippen LogP contribution in [0.15, 0.2) is 29.4 Å². The quantitative estimate of drug-likeness (QED) is 0.523. The first-order valence-electron chi connectivity index (χ1n) is 10.2. The standard InChI is InChI=1S/C21H30FN5OS/c1-4-21(2,3)14-9-11-15(12-10-14)24-18(28)13-29-20-26-25-19(27(20)23)16-7-5-6-8-17(16)22/h5-8,14-15H,4,9-13,23H2,1-3H3,(H,24,28). The zero-order valence-corrected chi connectivity index (χ0v) is 18.1. The van der Waals surface area contributed by atoms with E-state index in [4.69, 9.17) is 5.84 Å². The van der Waals surface area contributed by atoms with E-state index in [1.807, 2.05) is 0 Å². The van der Waals surface area contributed by atoms with Crippen molar-refractivity contribution in [2.45, 2.75) is 64.1 Å². The van der Waals surface area contributed by atoms with Gasteiger partial charge in [-0.3, -0.25) is 4.79 Å². The van der Waals surface area contributed by atoms with Crippen molar-refractivity contribution >= 4 is 17.7 Å². The molecule has 6 nitrogen and oxygen atoms in total. The molecule has 2 aromatic rings. The Morgan fingerprint density at radius 3 is 2.62 bits per heavy atom. The molecule has 1 aliphatic carbocycles.